The fourth-order valence-electron chi connectivity index (χ4n) is 1.36. The third-order valence-corrected chi connectivity index (χ3v) is 2.57. The number of hydrogen-bond donors (Lipinski definition) is 1. The van der Waals surface area contributed by atoms with Gasteiger partial charge in [-0.1, -0.05) is 18.5 Å². The molecule has 1 amide bonds. The van der Waals surface area contributed by atoms with Crippen LogP contribution in [0.25, 0.3) is 0 Å². The van der Waals surface area contributed by atoms with Crippen molar-refractivity contribution in [2.45, 2.75) is 25.9 Å². The first-order valence-electron chi connectivity index (χ1n) is 5.26. The number of carbonyl (C=O) groups excluding carboxylic acids is 2. The van der Waals surface area contributed by atoms with Crippen LogP contribution in [-0.4, -0.2) is 18.3 Å². The summed E-state index contributed by atoms with van der Waals surface area (Å²) in [6.45, 7) is 1.89. The molecule has 1 rings (SSSR count). The normalized spacial score (nSPS) is 11.9. The number of amides is 1. The number of primary amides is 1. The van der Waals surface area contributed by atoms with Crippen LogP contribution < -0.4 is 10.5 Å². The molecule has 5 heteroatoms. The van der Waals surface area contributed by atoms with Gasteiger partial charge in [-0.25, -0.2) is 0 Å². The molecule has 0 aliphatic rings. The van der Waals surface area contributed by atoms with Crippen LogP contribution in [-0.2, 0) is 4.79 Å². The summed E-state index contributed by atoms with van der Waals surface area (Å²) in [5.74, 6) is 0.0304. The van der Waals surface area contributed by atoms with Crippen molar-refractivity contribution in [3.8, 4) is 5.75 Å². The Bertz CT molecular complexity index is 420. The van der Waals surface area contributed by atoms with Gasteiger partial charge in [-0.2, -0.15) is 0 Å². The third-order valence-electron chi connectivity index (χ3n) is 2.27. The first kappa shape index (κ1) is 13.5. The first-order chi connectivity index (χ1) is 8.06. The zero-order chi connectivity index (χ0) is 12.8. The summed E-state index contributed by atoms with van der Waals surface area (Å²) in [7, 11) is 0. The van der Waals surface area contributed by atoms with Crippen LogP contribution in [0.3, 0.4) is 0 Å². The number of aldehydes is 1. The molecule has 0 saturated carbocycles. The van der Waals surface area contributed by atoms with E-state index >= 15 is 0 Å². The Hall–Kier alpha value is -1.55. The van der Waals surface area contributed by atoms with E-state index < -0.39 is 5.91 Å². The summed E-state index contributed by atoms with van der Waals surface area (Å²) in [6, 6.07) is 4.72. The lowest BCUT2D eigenvalue weighted by Crippen LogP contribution is -2.24. The Kier molecular flexibility index (Phi) is 4.97. The highest BCUT2D eigenvalue weighted by Gasteiger charge is 2.13. The van der Waals surface area contributed by atoms with E-state index in [9.17, 15) is 9.59 Å². The molecule has 0 fully saturated rings. The van der Waals surface area contributed by atoms with Gasteiger partial charge in [-0.15, -0.1) is 0 Å². The topological polar surface area (TPSA) is 69.4 Å². The monoisotopic (exact) mass is 255 g/mol. The van der Waals surface area contributed by atoms with Crippen LogP contribution in [0.5, 0.6) is 5.75 Å². The van der Waals surface area contributed by atoms with Crippen LogP contribution in [0.15, 0.2) is 18.2 Å². The van der Waals surface area contributed by atoms with Crippen LogP contribution in [0.4, 0.5) is 0 Å². The number of ether oxygens (including phenoxy) is 1. The zero-order valence-electron chi connectivity index (χ0n) is 9.48. The van der Waals surface area contributed by atoms with Gasteiger partial charge >= 0.3 is 0 Å². The molecule has 0 bridgehead atoms. The van der Waals surface area contributed by atoms with Crippen molar-refractivity contribution in [2.24, 2.45) is 5.73 Å². The van der Waals surface area contributed by atoms with Gasteiger partial charge in [0.15, 0.2) is 0 Å². The highest BCUT2D eigenvalue weighted by Crippen LogP contribution is 2.26. The maximum atomic E-state index is 10.8. The van der Waals surface area contributed by atoms with Crippen molar-refractivity contribution in [1.29, 1.82) is 0 Å². The minimum absolute atomic E-state index is 0.141. The standard InChI is InChI=1S/C12H14ClNO3/c1-2-9(6-12(14)16)17-11-4-3-8(7-15)5-10(11)13/h3-5,7,9H,2,6H2,1H3,(H2,14,16). The van der Waals surface area contributed by atoms with Gasteiger partial charge in [0.2, 0.25) is 5.91 Å². The number of carbonyl (C=O) groups is 2. The Balaban J connectivity index is 2.79. The van der Waals surface area contributed by atoms with E-state index in [0.29, 0.717) is 29.0 Å². The van der Waals surface area contributed by atoms with E-state index in [2.05, 4.69) is 0 Å². The summed E-state index contributed by atoms with van der Waals surface area (Å²) in [6.07, 6.45) is 1.19. The van der Waals surface area contributed by atoms with Gasteiger partial charge in [-0.3, -0.25) is 9.59 Å². The molecule has 0 aliphatic carbocycles. The molecular formula is C12H14ClNO3. The number of benzene rings is 1. The third kappa shape index (κ3) is 4.07. The lowest BCUT2D eigenvalue weighted by Gasteiger charge is -2.17. The molecule has 0 radical (unpaired) electrons. The minimum Gasteiger partial charge on any atom is -0.488 e. The molecular weight excluding hydrogens is 242 g/mol. The number of nitrogens with two attached hydrogens (primary N) is 1. The molecule has 4 nitrogen and oxygen atoms in total. The molecule has 1 aromatic carbocycles. The predicted molar refractivity (Wildman–Crippen MR) is 65.4 cm³/mol. The van der Waals surface area contributed by atoms with Crippen LogP contribution in [0.2, 0.25) is 5.02 Å². The fourth-order valence-corrected chi connectivity index (χ4v) is 1.59. The summed E-state index contributed by atoms with van der Waals surface area (Å²) in [4.78, 5) is 21.3. The van der Waals surface area contributed by atoms with Crippen molar-refractivity contribution in [2.75, 3.05) is 0 Å². The second-order valence-electron chi connectivity index (χ2n) is 3.63. The summed E-state index contributed by atoms with van der Waals surface area (Å²) < 4.78 is 5.56. The molecule has 1 atom stereocenters. The van der Waals surface area contributed by atoms with Gasteiger partial charge in [0.05, 0.1) is 11.4 Å². The summed E-state index contributed by atoms with van der Waals surface area (Å²) in [5.41, 5.74) is 5.59. The lowest BCUT2D eigenvalue weighted by atomic mass is 10.2. The fraction of sp³-hybridized carbons (Fsp3) is 0.333. The zero-order valence-corrected chi connectivity index (χ0v) is 10.2. The van der Waals surface area contributed by atoms with Gasteiger partial charge in [0, 0.05) is 5.56 Å². The molecule has 2 N–H and O–H groups in total. The predicted octanol–water partition coefficient (Wildman–Crippen LogP) is 2.19. The van der Waals surface area contributed by atoms with E-state index in [0.717, 1.165) is 0 Å². The van der Waals surface area contributed by atoms with Crippen LogP contribution >= 0.6 is 11.6 Å². The largest absolute Gasteiger partial charge is 0.488 e. The Labute approximate surface area is 105 Å². The van der Waals surface area contributed by atoms with E-state index in [1.807, 2.05) is 6.92 Å². The average Bonchev–Trinajstić information content (AvgIpc) is 2.29. The SMILES string of the molecule is CCC(CC(N)=O)Oc1ccc(C=O)cc1Cl. The van der Waals surface area contributed by atoms with Crippen molar-refractivity contribution in [3.63, 3.8) is 0 Å². The second kappa shape index (κ2) is 6.25. The Morgan fingerprint density at radius 3 is 2.76 bits per heavy atom. The molecule has 1 unspecified atom stereocenters. The highest BCUT2D eigenvalue weighted by atomic mass is 35.5. The number of hydrogen-bond acceptors (Lipinski definition) is 3. The Morgan fingerprint density at radius 1 is 1.59 bits per heavy atom. The van der Waals surface area contributed by atoms with Crippen LogP contribution in [0.1, 0.15) is 30.1 Å². The molecule has 0 spiro atoms. The van der Waals surface area contributed by atoms with Crippen molar-refractivity contribution >= 4 is 23.8 Å². The minimum atomic E-state index is -0.419. The molecule has 92 valence electrons. The average molecular weight is 256 g/mol. The Morgan fingerprint density at radius 2 is 2.29 bits per heavy atom. The molecule has 0 aliphatic heterocycles. The van der Waals surface area contributed by atoms with E-state index in [4.69, 9.17) is 22.1 Å². The molecule has 17 heavy (non-hydrogen) atoms. The summed E-state index contributed by atoms with van der Waals surface area (Å²) in [5, 5.41) is 0.345. The maximum absolute atomic E-state index is 10.8. The van der Waals surface area contributed by atoms with Gasteiger partial charge in [0.25, 0.3) is 0 Å². The maximum Gasteiger partial charge on any atom is 0.221 e. The van der Waals surface area contributed by atoms with Crippen molar-refractivity contribution in [1.82, 2.24) is 0 Å². The number of halogens is 1. The van der Waals surface area contributed by atoms with Crippen molar-refractivity contribution < 1.29 is 14.3 Å². The molecule has 0 heterocycles. The van der Waals surface area contributed by atoms with Crippen LogP contribution in [0, 0.1) is 0 Å². The summed E-state index contributed by atoms with van der Waals surface area (Å²) >= 11 is 5.95. The second-order valence-corrected chi connectivity index (χ2v) is 4.03. The molecule has 1 aromatic rings. The van der Waals surface area contributed by atoms with Gasteiger partial charge in [-0.05, 0) is 24.6 Å². The highest BCUT2D eigenvalue weighted by molar-refractivity contribution is 6.32. The van der Waals surface area contributed by atoms with E-state index in [1.165, 1.54) is 6.07 Å². The van der Waals surface area contributed by atoms with Crippen molar-refractivity contribution in [3.05, 3.63) is 28.8 Å². The lowest BCUT2D eigenvalue weighted by molar-refractivity contribution is -0.119. The smallest absolute Gasteiger partial charge is 0.221 e. The van der Waals surface area contributed by atoms with E-state index in [1.54, 1.807) is 12.1 Å². The molecule has 0 saturated heterocycles. The molecule has 0 aromatic heterocycles. The van der Waals surface area contributed by atoms with E-state index in [-0.39, 0.29) is 12.5 Å². The first-order valence-corrected chi connectivity index (χ1v) is 5.64. The number of rotatable bonds is 6. The quantitative estimate of drug-likeness (QED) is 0.792. The van der Waals surface area contributed by atoms with Gasteiger partial charge < -0.3 is 10.5 Å². The van der Waals surface area contributed by atoms with Gasteiger partial charge in [0.1, 0.15) is 18.1 Å².